The maximum atomic E-state index is 13.8. The predicted octanol–water partition coefficient (Wildman–Crippen LogP) is 5.45. The molecular weight excluding hydrogens is 424 g/mol. The van der Waals surface area contributed by atoms with Crippen molar-refractivity contribution in [1.29, 1.82) is 0 Å². The van der Waals surface area contributed by atoms with Crippen LogP contribution in [0.1, 0.15) is 44.1 Å². The van der Waals surface area contributed by atoms with E-state index in [9.17, 15) is 19.8 Å². The van der Waals surface area contributed by atoms with Crippen LogP contribution in [0.15, 0.2) is 121 Å². The van der Waals surface area contributed by atoms with Crippen molar-refractivity contribution in [3.05, 3.63) is 144 Å². The standard InChI is InChI=1S/C30H26O4/c31-27(21-13-5-1-6-14-21)25(28(32)22-15-7-2-8-16-22)26(29(33)23-17-9-3-10-18-23)30(34)24-19-11-4-12-20-24/h1-20,25-27,29,31,33H. The molecule has 0 aliphatic heterocycles. The van der Waals surface area contributed by atoms with Crippen molar-refractivity contribution in [3.8, 4) is 0 Å². The highest BCUT2D eigenvalue weighted by Crippen LogP contribution is 2.40. The summed E-state index contributed by atoms with van der Waals surface area (Å²) < 4.78 is 0. The van der Waals surface area contributed by atoms with Crippen molar-refractivity contribution in [3.63, 3.8) is 0 Å². The Morgan fingerprint density at radius 3 is 1.00 bits per heavy atom. The molecule has 0 heterocycles. The zero-order valence-corrected chi connectivity index (χ0v) is 18.6. The van der Waals surface area contributed by atoms with Crippen LogP contribution < -0.4 is 0 Å². The van der Waals surface area contributed by atoms with Gasteiger partial charge >= 0.3 is 0 Å². The minimum atomic E-state index is -1.30. The zero-order chi connectivity index (χ0) is 23.9. The van der Waals surface area contributed by atoms with Crippen LogP contribution >= 0.6 is 0 Å². The number of hydrogen-bond acceptors (Lipinski definition) is 4. The Morgan fingerprint density at radius 1 is 0.441 bits per heavy atom. The first-order valence-electron chi connectivity index (χ1n) is 11.2. The second kappa shape index (κ2) is 10.8. The summed E-state index contributed by atoms with van der Waals surface area (Å²) >= 11 is 0. The van der Waals surface area contributed by atoms with Crippen molar-refractivity contribution in [1.82, 2.24) is 0 Å². The van der Waals surface area contributed by atoms with Gasteiger partial charge < -0.3 is 10.2 Å². The Kier molecular flexibility index (Phi) is 7.43. The lowest BCUT2D eigenvalue weighted by Crippen LogP contribution is -2.38. The highest BCUT2D eigenvalue weighted by molar-refractivity contribution is 6.05. The van der Waals surface area contributed by atoms with Gasteiger partial charge in [0.2, 0.25) is 0 Å². The fourth-order valence-corrected chi connectivity index (χ4v) is 4.31. The van der Waals surface area contributed by atoms with E-state index in [1.807, 2.05) is 12.1 Å². The molecule has 170 valence electrons. The van der Waals surface area contributed by atoms with E-state index in [0.717, 1.165) is 0 Å². The fraction of sp³-hybridized carbons (Fsp3) is 0.133. The molecule has 0 aliphatic rings. The van der Waals surface area contributed by atoms with Gasteiger partial charge in [-0.1, -0.05) is 121 Å². The molecule has 4 aromatic rings. The van der Waals surface area contributed by atoms with E-state index in [1.165, 1.54) is 0 Å². The maximum Gasteiger partial charge on any atom is 0.169 e. The third-order valence-corrected chi connectivity index (χ3v) is 6.07. The van der Waals surface area contributed by atoms with Crippen LogP contribution in [0.2, 0.25) is 0 Å². The van der Waals surface area contributed by atoms with E-state index >= 15 is 0 Å². The number of benzene rings is 4. The molecule has 4 aromatic carbocycles. The number of carbonyl (C=O) groups is 2. The van der Waals surface area contributed by atoms with Gasteiger partial charge in [0.05, 0.1) is 24.0 Å². The number of hydrogen-bond donors (Lipinski definition) is 2. The van der Waals surface area contributed by atoms with E-state index in [1.54, 1.807) is 109 Å². The molecule has 0 spiro atoms. The molecule has 4 rings (SSSR count). The number of Topliss-reactive ketones (excluding diaryl/α,β-unsaturated/α-hetero) is 2. The second-order valence-electron chi connectivity index (χ2n) is 8.22. The van der Waals surface area contributed by atoms with Gasteiger partial charge in [-0.2, -0.15) is 0 Å². The van der Waals surface area contributed by atoms with Crippen molar-refractivity contribution < 1.29 is 19.8 Å². The van der Waals surface area contributed by atoms with Gasteiger partial charge in [-0.15, -0.1) is 0 Å². The summed E-state index contributed by atoms with van der Waals surface area (Å²) in [5, 5.41) is 23.0. The molecule has 0 radical (unpaired) electrons. The third-order valence-electron chi connectivity index (χ3n) is 6.07. The van der Waals surface area contributed by atoms with E-state index < -0.39 is 35.6 Å². The maximum absolute atomic E-state index is 13.8. The topological polar surface area (TPSA) is 74.6 Å². The van der Waals surface area contributed by atoms with Gasteiger partial charge in [-0.3, -0.25) is 9.59 Å². The lowest BCUT2D eigenvalue weighted by atomic mass is 9.72. The number of rotatable bonds is 9. The second-order valence-corrected chi connectivity index (χ2v) is 8.22. The molecule has 0 aliphatic carbocycles. The third kappa shape index (κ3) is 5.04. The molecule has 0 amide bonds. The van der Waals surface area contributed by atoms with Gasteiger partial charge in [-0.25, -0.2) is 0 Å². The lowest BCUT2D eigenvalue weighted by molar-refractivity contribution is 0.0116. The Bertz CT molecular complexity index is 1110. The quantitative estimate of drug-likeness (QED) is 0.333. The minimum absolute atomic E-state index is 0.369. The van der Waals surface area contributed by atoms with Crippen LogP contribution in [0.4, 0.5) is 0 Å². The smallest absolute Gasteiger partial charge is 0.169 e. The molecule has 0 saturated heterocycles. The molecule has 4 atom stereocenters. The normalized spacial score (nSPS) is 14.5. The van der Waals surface area contributed by atoms with Crippen molar-refractivity contribution >= 4 is 11.6 Å². The minimum Gasteiger partial charge on any atom is -0.388 e. The molecule has 4 nitrogen and oxygen atoms in total. The zero-order valence-electron chi connectivity index (χ0n) is 18.6. The van der Waals surface area contributed by atoms with E-state index in [4.69, 9.17) is 0 Å². The molecule has 34 heavy (non-hydrogen) atoms. The van der Waals surface area contributed by atoms with E-state index in [-0.39, 0.29) is 0 Å². The van der Waals surface area contributed by atoms with Crippen LogP contribution in [0, 0.1) is 11.8 Å². The molecule has 0 saturated carbocycles. The van der Waals surface area contributed by atoms with Crippen LogP contribution in [0.5, 0.6) is 0 Å². The Balaban J connectivity index is 1.87. The average Bonchev–Trinajstić information content (AvgIpc) is 2.92. The number of carbonyl (C=O) groups excluding carboxylic acids is 2. The van der Waals surface area contributed by atoms with Crippen LogP contribution in [-0.2, 0) is 0 Å². The Labute approximate surface area is 199 Å². The summed E-state index contributed by atoms with van der Waals surface area (Å²) in [7, 11) is 0. The Hall–Kier alpha value is -3.86. The largest absolute Gasteiger partial charge is 0.388 e. The Morgan fingerprint density at radius 2 is 0.706 bits per heavy atom. The molecule has 4 unspecified atom stereocenters. The average molecular weight is 451 g/mol. The van der Waals surface area contributed by atoms with Crippen LogP contribution in [0.3, 0.4) is 0 Å². The molecule has 4 heteroatoms. The van der Waals surface area contributed by atoms with Crippen LogP contribution in [0.25, 0.3) is 0 Å². The lowest BCUT2D eigenvalue weighted by Gasteiger charge is -2.33. The SMILES string of the molecule is O=C(c1ccccc1)C(C(O)c1ccccc1)C(C(=O)c1ccccc1)C(O)c1ccccc1. The summed E-state index contributed by atoms with van der Waals surface area (Å²) in [6.45, 7) is 0. The van der Waals surface area contributed by atoms with E-state index in [0.29, 0.717) is 22.3 Å². The summed E-state index contributed by atoms with van der Waals surface area (Å²) in [6.07, 6.45) is -2.60. The number of ketones is 2. The highest BCUT2D eigenvalue weighted by Gasteiger charge is 2.44. The predicted molar refractivity (Wildman–Crippen MR) is 131 cm³/mol. The van der Waals surface area contributed by atoms with Gasteiger partial charge in [0.25, 0.3) is 0 Å². The number of aliphatic hydroxyl groups excluding tert-OH is 2. The first-order chi connectivity index (χ1) is 16.6. The molecule has 0 aromatic heterocycles. The van der Waals surface area contributed by atoms with Gasteiger partial charge in [-0.05, 0) is 11.1 Å². The fourth-order valence-electron chi connectivity index (χ4n) is 4.31. The summed E-state index contributed by atoms with van der Waals surface area (Å²) in [4.78, 5) is 27.7. The van der Waals surface area contributed by atoms with Crippen molar-refractivity contribution in [2.45, 2.75) is 12.2 Å². The first-order valence-corrected chi connectivity index (χ1v) is 11.2. The number of aliphatic hydroxyl groups is 2. The van der Waals surface area contributed by atoms with Gasteiger partial charge in [0.15, 0.2) is 11.6 Å². The monoisotopic (exact) mass is 450 g/mol. The van der Waals surface area contributed by atoms with Crippen LogP contribution in [-0.4, -0.2) is 21.8 Å². The summed E-state index contributed by atoms with van der Waals surface area (Å²) in [5.41, 5.74) is 1.74. The summed E-state index contributed by atoms with van der Waals surface area (Å²) in [6, 6.07) is 34.7. The van der Waals surface area contributed by atoms with Gasteiger partial charge in [0, 0.05) is 11.1 Å². The van der Waals surface area contributed by atoms with Crippen molar-refractivity contribution in [2.75, 3.05) is 0 Å². The highest BCUT2D eigenvalue weighted by atomic mass is 16.3. The molecular formula is C30H26O4. The van der Waals surface area contributed by atoms with Crippen molar-refractivity contribution in [2.24, 2.45) is 11.8 Å². The molecule has 0 fully saturated rings. The van der Waals surface area contributed by atoms with E-state index in [2.05, 4.69) is 0 Å². The first kappa shape index (κ1) is 23.3. The molecule has 0 bridgehead atoms. The summed E-state index contributed by atoms with van der Waals surface area (Å²) in [5.74, 6) is -3.23. The molecule has 2 N–H and O–H groups in total. The van der Waals surface area contributed by atoms with Gasteiger partial charge in [0.1, 0.15) is 0 Å².